The number of benzene rings is 1. The number of urea groups is 1. The molecule has 0 bridgehead atoms. The van der Waals surface area contributed by atoms with Gasteiger partial charge in [-0.3, -0.25) is 0 Å². The predicted octanol–water partition coefficient (Wildman–Crippen LogP) is 3.29. The Labute approximate surface area is 134 Å². The number of rotatable bonds is 4. The first kappa shape index (κ1) is 16.1. The molecule has 0 aliphatic heterocycles. The summed E-state index contributed by atoms with van der Waals surface area (Å²) in [7, 11) is 0. The first-order chi connectivity index (χ1) is 10.0. The highest BCUT2D eigenvalue weighted by Crippen LogP contribution is 2.29. The SMILES string of the molecule is CC(NC(=O)N[C@@H]1C=C[C@H](CO)C1)c1cccc(Cl)c1Cl. The van der Waals surface area contributed by atoms with Crippen LogP contribution in [0.2, 0.25) is 10.0 Å². The molecule has 3 atom stereocenters. The maximum atomic E-state index is 12.0. The van der Waals surface area contributed by atoms with Crippen LogP contribution >= 0.6 is 23.2 Å². The van der Waals surface area contributed by atoms with Gasteiger partial charge in [0.05, 0.1) is 16.1 Å². The van der Waals surface area contributed by atoms with E-state index in [0.29, 0.717) is 10.0 Å². The van der Waals surface area contributed by atoms with E-state index < -0.39 is 0 Å². The van der Waals surface area contributed by atoms with E-state index in [-0.39, 0.29) is 30.6 Å². The van der Waals surface area contributed by atoms with Crippen LogP contribution in [0.15, 0.2) is 30.4 Å². The summed E-state index contributed by atoms with van der Waals surface area (Å²) in [6.45, 7) is 1.95. The number of hydrogen-bond donors (Lipinski definition) is 3. The maximum Gasteiger partial charge on any atom is 0.315 e. The van der Waals surface area contributed by atoms with Crippen molar-refractivity contribution in [3.05, 3.63) is 46.0 Å². The summed E-state index contributed by atoms with van der Waals surface area (Å²) in [5, 5.41) is 15.7. The number of aliphatic hydroxyl groups excluding tert-OH is 1. The van der Waals surface area contributed by atoms with Gasteiger partial charge in [-0.1, -0.05) is 47.5 Å². The molecule has 1 aromatic carbocycles. The molecule has 0 saturated heterocycles. The van der Waals surface area contributed by atoms with Gasteiger partial charge in [0.25, 0.3) is 0 Å². The first-order valence-electron chi connectivity index (χ1n) is 6.81. The third kappa shape index (κ3) is 4.13. The number of halogens is 2. The third-order valence-corrected chi connectivity index (χ3v) is 4.35. The van der Waals surface area contributed by atoms with Crippen LogP contribution in [-0.4, -0.2) is 23.8 Å². The first-order valence-corrected chi connectivity index (χ1v) is 7.57. The molecule has 4 nitrogen and oxygen atoms in total. The number of amides is 2. The van der Waals surface area contributed by atoms with E-state index in [1.165, 1.54) is 0 Å². The van der Waals surface area contributed by atoms with Gasteiger partial charge in [-0.15, -0.1) is 0 Å². The molecule has 0 heterocycles. The Morgan fingerprint density at radius 3 is 2.86 bits per heavy atom. The zero-order valence-electron chi connectivity index (χ0n) is 11.6. The minimum Gasteiger partial charge on any atom is -0.396 e. The Balaban J connectivity index is 1.91. The lowest BCUT2D eigenvalue weighted by atomic mass is 10.1. The summed E-state index contributed by atoms with van der Waals surface area (Å²) >= 11 is 12.1. The molecular formula is C15H18Cl2N2O2. The molecule has 1 aliphatic carbocycles. The largest absolute Gasteiger partial charge is 0.396 e. The molecule has 2 amide bonds. The van der Waals surface area contributed by atoms with Gasteiger partial charge in [0.15, 0.2) is 0 Å². The highest BCUT2D eigenvalue weighted by Gasteiger charge is 2.21. The summed E-state index contributed by atoms with van der Waals surface area (Å²) in [4.78, 5) is 12.0. The van der Waals surface area contributed by atoms with Gasteiger partial charge in [-0.2, -0.15) is 0 Å². The molecular weight excluding hydrogens is 311 g/mol. The fraction of sp³-hybridized carbons (Fsp3) is 0.400. The van der Waals surface area contributed by atoms with Crippen molar-refractivity contribution in [3.8, 4) is 0 Å². The zero-order chi connectivity index (χ0) is 15.4. The molecule has 0 radical (unpaired) electrons. The Hall–Kier alpha value is -1.23. The van der Waals surface area contributed by atoms with Crippen LogP contribution in [0, 0.1) is 5.92 Å². The zero-order valence-corrected chi connectivity index (χ0v) is 13.2. The molecule has 6 heteroatoms. The third-order valence-electron chi connectivity index (χ3n) is 3.52. The van der Waals surface area contributed by atoms with Gasteiger partial charge >= 0.3 is 6.03 Å². The van der Waals surface area contributed by atoms with E-state index in [1.54, 1.807) is 12.1 Å². The number of carbonyl (C=O) groups excluding carboxylic acids is 1. The van der Waals surface area contributed by atoms with Crippen LogP contribution < -0.4 is 10.6 Å². The topological polar surface area (TPSA) is 61.4 Å². The van der Waals surface area contributed by atoms with Crippen molar-refractivity contribution >= 4 is 29.2 Å². The lowest BCUT2D eigenvalue weighted by molar-refractivity contribution is 0.229. The summed E-state index contributed by atoms with van der Waals surface area (Å²) in [6.07, 6.45) is 4.54. The quantitative estimate of drug-likeness (QED) is 0.742. The fourth-order valence-corrected chi connectivity index (χ4v) is 2.83. The Bertz CT molecular complexity index is 548. The number of hydrogen-bond acceptors (Lipinski definition) is 2. The van der Waals surface area contributed by atoms with Crippen molar-refractivity contribution in [1.29, 1.82) is 0 Å². The average molecular weight is 329 g/mol. The smallest absolute Gasteiger partial charge is 0.315 e. The molecule has 2 rings (SSSR count). The van der Waals surface area contributed by atoms with E-state index in [9.17, 15) is 4.79 Å². The van der Waals surface area contributed by atoms with Crippen molar-refractivity contribution in [2.75, 3.05) is 6.61 Å². The second kappa shape index (κ2) is 7.16. The predicted molar refractivity (Wildman–Crippen MR) is 84.7 cm³/mol. The van der Waals surface area contributed by atoms with Crippen LogP contribution in [0.25, 0.3) is 0 Å². The normalized spacial score (nSPS) is 22.1. The van der Waals surface area contributed by atoms with Gasteiger partial charge in [0.2, 0.25) is 0 Å². The Morgan fingerprint density at radius 2 is 2.19 bits per heavy atom. The number of carbonyl (C=O) groups is 1. The monoisotopic (exact) mass is 328 g/mol. The molecule has 0 aromatic heterocycles. The fourth-order valence-electron chi connectivity index (χ4n) is 2.36. The van der Waals surface area contributed by atoms with Crippen LogP contribution in [0.5, 0.6) is 0 Å². The number of nitrogens with one attached hydrogen (secondary N) is 2. The number of aliphatic hydroxyl groups is 1. The van der Waals surface area contributed by atoms with Crippen molar-refractivity contribution < 1.29 is 9.90 Å². The van der Waals surface area contributed by atoms with E-state index >= 15 is 0 Å². The minimum atomic E-state index is -0.271. The molecule has 1 unspecified atom stereocenters. The van der Waals surface area contributed by atoms with Crippen molar-refractivity contribution in [1.82, 2.24) is 10.6 Å². The van der Waals surface area contributed by atoms with Crippen LogP contribution in [0.4, 0.5) is 4.79 Å². The maximum absolute atomic E-state index is 12.0. The van der Waals surface area contributed by atoms with Crippen LogP contribution in [-0.2, 0) is 0 Å². The average Bonchev–Trinajstić information content (AvgIpc) is 2.89. The van der Waals surface area contributed by atoms with Crippen molar-refractivity contribution in [3.63, 3.8) is 0 Å². The molecule has 21 heavy (non-hydrogen) atoms. The van der Waals surface area contributed by atoms with Gasteiger partial charge < -0.3 is 15.7 Å². The van der Waals surface area contributed by atoms with Crippen LogP contribution in [0.3, 0.4) is 0 Å². The molecule has 1 aliphatic rings. The molecule has 0 spiro atoms. The van der Waals surface area contributed by atoms with E-state index in [4.69, 9.17) is 28.3 Å². The van der Waals surface area contributed by atoms with Crippen molar-refractivity contribution in [2.45, 2.75) is 25.4 Å². The summed E-state index contributed by atoms with van der Waals surface area (Å²) in [5.74, 6) is 0.120. The van der Waals surface area contributed by atoms with Gasteiger partial charge in [0, 0.05) is 18.6 Å². The second-order valence-electron chi connectivity index (χ2n) is 5.15. The summed E-state index contributed by atoms with van der Waals surface area (Å²) in [6, 6.07) is 4.76. The molecule has 3 N–H and O–H groups in total. The van der Waals surface area contributed by atoms with E-state index in [1.807, 2.05) is 25.1 Å². The van der Waals surface area contributed by atoms with E-state index in [0.717, 1.165) is 12.0 Å². The summed E-state index contributed by atoms with van der Waals surface area (Å²) < 4.78 is 0. The Kier molecular flexibility index (Phi) is 5.51. The van der Waals surface area contributed by atoms with Crippen molar-refractivity contribution in [2.24, 2.45) is 5.92 Å². The molecule has 0 saturated carbocycles. The molecule has 1 aromatic rings. The van der Waals surface area contributed by atoms with Gasteiger partial charge in [0.1, 0.15) is 0 Å². The second-order valence-corrected chi connectivity index (χ2v) is 5.94. The lowest BCUT2D eigenvalue weighted by Gasteiger charge is -2.19. The highest BCUT2D eigenvalue weighted by molar-refractivity contribution is 6.42. The molecule has 114 valence electrons. The Morgan fingerprint density at radius 1 is 1.43 bits per heavy atom. The van der Waals surface area contributed by atoms with Crippen LogP contribution in [0.1, 0.15) is 24.9 Å². The van der Waals surface area contributed by atoms with Gasteiger partial charge in [-0.05, 0) is 25.0 Å². The lowest BCUT2D eigenvalue weighted by Crippen LogP contribution is -2.42. The summed E-state index contributed by atoms with van der Waals surface area (Å²) in [5.41, 5.74) is 0.773. The minimum absolute atomic E-state index is 0.0517. The van der Waals surface area contributed by atoms with Gasteiger partial charge in [-0.25, -0.2) is 4.79 Å². The standard InChI is InChI=1S/C15H18Cl2N2O2/c1-9(12-3-2-4-13(16)14(12)17)18-15(21)19-11-6-5-10(7-11)8-20/h2-6,9-11,20H,7-8H2,1H3,(H2,18,19,21)/t9?,10-,11+/m0/s1. The highest BCUT2D eigenvalue weighted by atomic mass is 35.5. The molecule has 0 fully saturated rings. The van der Waals surface area contributed by atoms with E-state index in [2.05, 4.69) is 10.6 Å².